The molecule has 4 heterocycles. The summed E-state index contributed by atoms with van der Waals surface area (Å²) < 4.78 is 5.59. The number of thiazole rings is 1. The number of carbonyl (C=O) groups is 1. The average Bonchev–Trinajstić information content (AvgIpc) is 3.56. The van der Waals surface area contributed by atoms with Gasteiger partial charge in [-0.1, -0.05) is 24.6 Å². The highest BCUT2D eigenvalue weighted by molar-refractivity contribution is 7.18. The van der Waals surface area contributed by atoms with E-state index in [9.17, 15) is 4.79 Å². The predicted octanol–water partition coefficient (Wildman–Crippen LogP) is 4.69. The van der Waals surface area contributed by atoms with Crippen LogP contribution in [0.15, 0.2) is 41.1 Å². The van der Waals surface area contributed by atoms with Crippen molar-refractivity contribution in [2.24, 2.45) is 0 Å². The van der Waals surface area contributed by atoms with Crippen LogP contribution in [-0.2, 0) is 4.79 Å². The first-order chi connectivity index (χ1) is 18.4. The van der Waals surface area contributed by atoms with E-state index in [1.54, 1.807) is 0 Å². The second kappa shape index (κ2) is 11.3. The summed E-state index contributed by atoms with van der Waals surface area (Å²) >= 11 is 1.39. The van der Waals surface area contributed by atoms with E-state index < -0.39 is 0 Å². The molecule has 5 rings (SSSR count). The lowest BCUT2D eigenvalue weighted by atomic mass is 10.1. The Bertz CT molecular complexity index is 1410. The van der Waals surface area contributed by atoms with Gasteiger partial charge in [0.05, 0.1) is 0 Å². The maximum Gasteiger partial charge on any atom is 0.272 e. The van der Waals surface area contributed by atoms with Gasteiger partial charge < -0.3 is 25.4 Å². The fourth-order valence-electron chi connectivity index (χ4n) is 4.27. The van der Waals surface area contributed by atoms with Gasteiger partial charge in [0.25, 0.3) is 5.89 Å². The first-order valence-corrected chi connectivity index (χ1v) is 13.6. The molecular weight excluding hydrogens is 500 g/mol. The maximum absolute atomic E-state index is 12.2. The number of aryl methyl sites for hydroxylation is 1. The number of carbonyl (C=O) groups excluding carboxylic acids is 1. The summed E-state index contributed by atoms with van der Waals surface area (Å²) in [6, 6.07) is 9.72. The van der Waals surface area contributed by atoms with Gasteiger partial charge in [0.2, 0.25) is 11.7 Å². The molecule has 0 atom stereocenters. The van der Waals surface area contributed by atoms with Crippen molar-refractivity contribution in [3.8, 4) is 32.7 Å². The van der Waals surface area contributed by atoms with Crippen molar-refractivity contribution >= 4 is 34.6 Å². The summed E-state index contributed by atoms with van der Waals surface area (Å²) in [5, 5.41) is 7.87. The minimum atomic E-state index is -0.00790. The first kappa shape index (κ1) is 25.8. The second-order valence-electron chi connectivity index (χ2n) is 9.53. The largest absolute Gasteiger partial charge is 0.382 e. The lowest BCUT2D eigenvalue weighted by molar-refractivity contribution is -0.116. The number of nitrogen functional groups attached to an aromatic ring is 1. The number of hydrogen-bond donors (Lipinski definition) is 2. The van der Waals surface area contributed by atoms with Gasteiger partial charge in [-0.25, -0.2) is 9.97 Å². The van der Waals surface area contributed by atoms with Crippen LogP contribution in [0.3, 0.4) is 0 Å². The molecule has 3 N–H and O–H groups in total. The van der Waals surface area contributed by atoms with Crippen LogP contribution in [0.4, 0.5) is 17.3 Å². The average molecular weight is 533 g/mol. The van der Waals surface area contributed by atoms with Gasteiger partial charge in [-0.2, -0.15) is 4.98 Å². The van der Waals surface area contributed by atoms with Crippen molar-refractivity contribution < 1.29 is 9.32 Å². The monoisotopic (exact) mass is 532 g/mol. The predicted molar refractivity (Wildman–Crippen MR) is 151 cm³/mol. The highest BCUT2D eigenvalue weighted by atomic mass is 32.1. The smallest absolute Gasteiger partial charge is 0.272 e. The zero-order chi connectivity index (χ0) is 26.6. The van der Waals surface area contributed by atoms with Crippen LogP contribution in [0.2, 0.25) is 0 Å². The molecule has 0 unspecified atom stereocenters. The number of nitrogens with zero attached hydrogens (tertiary/aromatic N) is 6. The number of likely N-dealkylation sites (N-methyl/N-ethyl adjacent to an activating group) is 1. The van der Waals surface area contributed by atoms with E-state index in [1.807, 2.05) is 43.5 Å². The minimum absolute atomic E-state index is 0.00790. The van der Waals surface area contributed by atoms with Crippen LogP contribution >= 0.6 is 11.3 Å². The van der Waals surface area contributed by atoms with Gasteiger partial charge >= 0.3 is 0 Å². The maximum atomic E-state index is 12.2. The van der Waals surface area contributed by atoms with Gasteiger partial charge in [0.15, 0.2) is 0 Å². The first-order valence-electron chi connectivity index (χ1n) is 12.8. The fraction of sp³-hybridized carbons (Fsp3) is 0.370. The van der Waals surface area contributed by atoms with Crippen LogP contribution in [0.25, 0.3) is 32.7 Å². The standard InChI is InChI=1S/C27H32N8O2S/c1-4-5-6-22(36)30-19-9-7-17(2)20(15-19)25-32-26(37-33-25)23-24(28)31-27(38-23)18-8-10-21(29-16-18)35-13-11-34(3)12-14-35/h7-10,15-16H,4-6,11-14,28H2,1-3H3,(H,30,36). The summed E-state index contributed by atoms with van der Waals surface area (Å²) in [5.41, 5.74) is 9.58. The topological polar surface area (TPSA) is 126 Å². The SMILES string of the molecule is CCCCC(=O)Nc1ccc(C)c(-c2noc(-c3sc(-c4ccc(N5CCN(C)CC5)nc4)nc3N)n2)c1. The molecular formula is C27H32N8O2S. The zero-order valence-corrected chi connectivity index (χ0v) is 22.7. The highest BCUT2D eigenvalue weighted by Crippen LogP contribution is 2.37. The number of unbranched alkanes of at least 4 members (excludes halogenated alkanes) is 1. The lowest BCUT2D eigenvalue weighted by Gasteiger charge is -2.33. The lowest BCUT2D eigenvalue weighted by Crippen LogP contribution is -2.44. The Kier molecular flexibility index (Phi) is 7.66. The molecule has 38 heavy (non-hydrogen) atoms. The summed E-state index contributed by atoms with van der Waals surface area (Å²) in [7, 11) is 2.14. The van der Waals surface area contributed by atoms with E-state index in [2.05, 4.69) is 49.2 Å². The molecule has 0 spiro atoms. The van der Waals surface area contributed by atoms with E-state index in [-0.39, 0.29) is 5.91 Å². The van der Waals surface area contributed by atoms with Crippen LogP contribution < -0.4 is 16.0 Å². The van der Waals surface area contributed by atoms with E-state index >= 15 is 0 Å². The number of piperazine rings is 1. The van der Waals surface area contributed by atoms with Crippen molar-refractivity contribution in [1.29, 1.82) is 0 Å². The van der Waals surface area contributed by atoms with Crippen LogP contribution in [0, 0.1) is 6.92 Å². The van der Waals surface area contributed by atoms with Crippen molar-refractivity contribution in [1.82, 2.24) is 25.0 Å². The third kappa shape index (κ3) is 5.68. The van der Waals surface area contributed by atoms with Crippen molar-refractivity contribution in [3.05, 3.63) is 42.1 Å². The molecule has 0 aliphatic carbocycles. The Morgan fingerprint density at radius 1 is 1.16 bits per heavy atom. The number of amides is 1. The summed E-state index contributed by atoms with van der Waals surface area (Å²) in [6.45, 7) is 8.01. The van der Waals surface area contributed by atoms with E-state index in [1.165, 1.54) is 11.3 Å². The zero-order valence-electron chi connectivity index (χ0n) is 21.9. The molecule has 10 nitrogen and oxygen atoms in total. The van der Waals surface area contributed by atoms with Gasteiger partial charge in [-0.05, 0) is 50.2 Å². The molecule has 1 aromatic carbocycles. The van der Waals surface area contributed by atoms with Crippen molar-refractivity contribution in [2.75, 3.05) is 49.2 Å². The molecule has 4 aromatic rings. The molecule has 11 heteroatoms. The Morgan fingerprint density at radius 3 is 2.71 bits per heavy atom. The van der Waals surface area contributed by atoms with Gasteiger partial charge in [-0.3, -0.25) is 4.79 Å². The number of hydrogen-bond acceptors (Lipinski definition) is 10. The molecule has 1 aliphatic rings. The number of nitrogens with one attached hydrogen (secondary N) is 1. The van der Waals surface area contributed by atoms with Crippen molar-refractivity contribution in [3.63, 3.8) is 0 Å². The quantitative estimate of drug-likeness (QED) is 0.332. The molecule has 0 bridgehead atoms. The molecule has 3 aromatic heterocycles. The van der Waals surface area contributed by atoms with Crippen LogP contribution in [0.5, 0.6) is 0 Å². The Balaban J connectivity index is 1.33. The highest BCUT2D eigenvalue weighted by Gasteiger charge is 2.21. The van der Waals surface area contributed by atoms with Gasteiger partial charge in [0, 0.05) is 55.6 Å². The molecule has 1 amide bonds. The Hall–Kier alpha value is -3.83. The number of rotatable bonds is 8. The van der Waals surface area contributed by atoms with Crippen molar-refractivity contribution in [2.45, 2.75) is 33.1 Å². The van der Waals surface area contributed by atoms with Crippen LogP contribution in [0.1, 0.15) is 31.7 Å². The number of benzene rings is 1. The molecule has 198 valence electrons. The number of aromatic nitrogens is 4. The van der Waals surface area contributed by atoms with E-state index in [0.717, 1.165) is 66.5 Å². The number of nitrogens with two attached hydrogens (primary N) is 1. The Labute approximate surface area is 225 Å². The number of anilines is 3. The normalized spacial score (nSPS) is 14.1. The minimum Gasteiger partial charge on any atom is -0.382 e. The van der Waals surface area contributed by atoms with Crippen LogP contribution in [-0.4, -0.2) is 64.1 Å². The summed E-state index contributed by atoms with van der Waals surface area (Å²) in [6.07, 6.45) is 4.15. The third-order valence-corrected chi connectivity index (χ3v) is 7.72. The molecule has 0 saturated carbocycles. The molecule has 1 fully saturated rings. The van der Waals surface area contributed by atoms with E-state index in [4.69, 9.17) is 10.3 Å². The Morgan fingerprint density at radius 2 is 1.97 bits per heavy atom. The summed E-state index contributed by atoms with van der Waals surface area (Å²) in [5.74, 6) is 2.02. The third-order valence-electron chi connectivity index (χ3n) is 6.62. The summed E-state index contributed by atoms with van der Waals surface area (Å²) in [4.78, 5) is 31.2. The fourth-order valence-corrected chi connectivity index (χ4v) is 5.17. The van der Waals surface area contributed by atoms with E-state index in [0.29, 0.717) is 34.5 Å². The van der Waals surface area contributed by atoms with Gasteiger partial charge in [-0.15, -0.1) is 11.3 Å². The second-order valence-corrected chi connectivity index (χ2v) is 10.5. The molecule has 1 aliphatic heterocycles. The molecule has 0 radical (unpaired) electrons. The number of pyridine rings is 1. The van der Waals surface area contributed by atoms with Gasteiger partial charge in [0.1, 0.15) is 21.5 Å². The molecule has 1 saturated heterocycles.